The third kappa shape index (κ3) is 2.60. The Morgan fingerprint density at radius 2 is 2.15 bits per heavy atom. The molecule has 0 aliphatic rings. The number of anilines is 2. The molecule has 0 atom stereocenters. The lowest BCUT2D eigenvalue weighted by Gasteiger charge is -2.08. The number of fused-ring (bicyclic) bond motifs is 1. The molecule has 20 heavy (non-hydrogen) atoms. The molecule has 1 aromatic carbocycles. The van der Waals surface area contributed by atoms with Crippen molar-refractivity contribution < 1.29 is 0 Å². The molecule has 0 spiro atoms. The second-order valence-corrected chi connectivity index (χ2v) is 4.54. The number of nitrogens with two attached hydrogens (primary N) is 1. The largest absolute Gasteiger partial charge is 0.340 e. The van der Waals surface area contributed by atoms with Crippen LogP contribution in [0.4, 0.5) is 11.5 Å². The van der Waals surface area contributed by atoms with E-state index in [9.17, 15) is 0 Å². The number of nitrogens with one attached hydrogen (secondary N) is 2. The Morgan fingerprint density at radius 1 is 1.20 bits per heavy atom. The summed E-state index contributed by atoms with van der Waals surface area (Å²) in [6.45, 7) is 0.707. The summed E-state index contributed by atoms with van der Waals surface area (Å²) >= 11 is 0. The molecule has 0 saturated heterocycles. The number of H-pyrrole nitrogens is 1. The molecule has 0 fully saturated rings. The van der Waals surface area contributed by atoms with Crippen LogP contribution >= 0.6 is 0 Å². The van der Waals surface area contributed by atoms with Gasteiger partial charge in [0.2, 0.25) is 0 Å². The molecule has 2 aromatic heterocycles. The standard InChI is InChI=1S/C14H16N6/c15-6-2-4-10-3-1-5-11(7-10)20-14-12-13(17-8-16-12)18-9-19-14/h1,3,5,7-9H,2,4,6,15H2,(H2,16,17,18,19,20). The SMILES string of the molecule is NCCCc1cccc(Nc2ncnc3nc[nH]c23)c1. The van der Waals surface area contributed by atoms with Gasteiger partial charge in [0, 0.05) is 5.69 Å². The Bertz CT molecular complexity index is 705. The van der Waals surface area contributed by atoms with E-state index in [4.69, 9.17) is 5.73 Å². The van der Waals surface area contributed by atoms with Crippen molar-refractivity contribution in [3.63, 3.8) is 0 Å². The highest BCUT2D eigenvalue weighted by Crippen LogP contribution is 2.21. The van der Waals surface area contributed by atoms with Crippen molar-refractivity contribution in [1.82, 2.24) is 19.9 Å². The summed E-state index contributed by atoms with van der Waals surface area (Å²) in [5.74, 6) is 0.725. The summed E-state index contributed by atoms with van der Waals surface area (Å²) in [5.41, 5.74) is 9.26. The van der Waals surface area contributed by atoms with Crippen molar-refractivity contribution in [1.29, 1.82) is 0 Å². The van der Waals surface area contributed by atoms with E-state index in [2.05, 4.69) is 37.4 Å². The van der Waals surface area contributed by atoms with Crippen LogP contribution in [0, 0.1) is 0 Å². The highest BCUT2D eigenvalue weighted by molar-refractivity contribution is 5.84. The summed E-state index contributed by atoms with van der Waals surface area (Å²) in [6, 6.07) is 8.25. The van der Waals surface area contributed by atoms with E-state index in [0.717, 1.165) is 29.9 Å². The fourth-order valence-electron chi connectivity index (χ4n) is 2.11. The molecule has 0 bridgehead atoms. The zero-order valence-electron chi connectivity index (χ0n) is 11.0. The maximum Gasteiger partial charge on any atom is 0.182 e. The van der Waals surface area contributed by atoms with E-state index in [-0.39, 0.29) is 0 Å². The molecule has 0 aliphatic carbocycles. The number of aromatic nitrogens is 4. The maximum atomic E-state index is 5.54. The van der Waals surface area contributed by atoms with Crippen molar-refractivity contribution in [2.24, 2.45) is 5.73 Å². The van der Waals surface area contributed by atoms with E-state index < -0.39 is 0 Å². The average Bonchev–Trinajstić information content (AvgIpc) is 2.95. The third-order valence-corrected chi connectivity index (χ3v) is 3.08. The fraction of sp³-hybridized carbons (Fsp3) is 0.214. The van der Waals surface area contributed by atoms with Crippen LogP contribution in [0.25, 0.3) is 11.2 Å². The highest BCUT2D eigenvalue weighted by atomic mass is 15.1. The van der Waals surface area contributed by atoms with Crippen LogP contribution in [0.1, 0.15) is 12.0 Å². The number of rotatable bonds is 5. The van der Waals surface area contributed by atoms with Gasteiger partial charge in [-0.1, -0.05) is 12.1 Å². The molecule has 0 saturated carbocycles. The summed E-state index contributed by atoms with van der Waals surface area (Å²) in [4.78, 5) is 15.5. The first-order chi connectivity index (χ1) is 9.86. The maximum absolute atomic E-state index is 5.54. The molecule has 0 radical (unpaired) electrons. The molecule has 102 valence electrons. The number of benzene rings is 1. The van der Waals surface area contributed by atoms with Gasteiger partial charge in [0.15, 0.2) is 11.5 Å². The second-order valence-electron chi connectivity index (χ2n) is 4.54. The number of aryl methyl sites for hydroxylation is 1. The molecule has 2 heterocycles. The van der Waals surface area contributed by atoms with E-state index >= 15 is 0 Å². The van der Waals surface area contributed by atoms with E-state index in [0.29, 0.717) is 12.2 Å². The number of aromatic amines is 1. The predicted octanol–water partition coefficient (Wildman–Crippen LogP) is 1.99. The topological polar surface area (TPSA) is 92.5 Å². The number of imidazole rings is 1. The van der Waals surface area contributed by atoms with Crippen molar-refractivity contribution in [2.75, 3.05) is 11.9 Å². The zero-order chi connectivity index (χ0) is 13.8. The van der Waals surface area contributed by atoms with Crippen molar-refractivity contribution >= 4 is 22.7 Å². The number of hydrogen-bond donors (Lipinski definition) is 3. The lowest BCUT2D eigenvalue weighted by molar-refractivity contribution is 0.833. The Hall–Kier alpha value is -2.47. The minimum absolute atomic E-state index is 0.654. The highest BCUT2D eigenvalue weighted by Gasteiger charge is 2.06. The first kappa shape index (κ1) is 12.6. The monoisotopic (exact) mass is 268 g/mol. The molecule has 3 aromatic rings. The van der Waals surface area contributed by atoms with Crippen LogP contribution in [-0.4, -0.2) is 26.5 Å². The van der Waals surface area contributed by atoms with Gasteiger partial charge in [-0.2, -0.15) is 0 Å². The number of nitrogens with zero attached hydrogens (tertiary/aromatic N) is 3. The fourth-order valence-corrected chi connectivity index (χ4v) is 2.11. The van der Waals surface area contributed by atoms with Crippen LogP contribution < -0.4 is 11.1 Å². The van der Waals surface area contributed by atoms with Crippen LogP contribution in [0.2, 0.25) is 0 Å². The van der Waals surface area contributed by atoms with Crippen LogP contribution in [-0.2, 0) is 6.42 Å². The second kappa shape index (κ2) is 5.66. The molecular weight excluding hydrogens is 252 g/mol. The summed E-state index contributed by atoms with van der Waals surface area (Å²) in [7, 11) is 0. The molecule has 0 amide bonds. The Kier molecular flexibility index (Phi) is 3.56. The van der Waals surface area contributed by atoms with Gasteiger partial charge in [0.05, 0.1) is 6.33 Å². The van der Waals surface area contributed by atoms with Gasteiger partial charge in [-0.3, -0.25) is 0 Å². The first-order valence-corrected chi connectivity index (χ1v) is 6.57. The molecule has 6 heteroatoms. The van der Waals surface area contributed by atoms with Gasteiger partial charge in [-0.25, -0.2) is 15.0 Å². The molecular formula is C14H16N6. The quantitative estimate of drug-likeness (QED) is 0.658. The third-order valence-electron chi connectivity index (χ3n) is 3.08. The average molecular weight is 268 g/mol. The van der Waals surface area contributed by atoms with Gasteiger partial charge in [0.25, 0.3) is 0 Å². The van der Waals surface area contributed by atoms with Crippen LogP contribution in [0.5, 0.6) is 0 Å². The molecule has 0 aliphatic heterocycles. The molecule has 6 nitrogen and oxygen atoms in total. The Balaban J connectivity index is 1.85. The van der Waals surface area contributed by atoms with Gasteiger partial charge in [-0.05, 0) is 37.1 Å². The van der Waals surface area contributed by atoms with E-state index in [1.54, 1.807) is 6.33 Å². The van der Waals surface area contributed by atoms with Crippen LogP contribution in [0.3, 0.4) is 0 Å². The predicted molar refractivity (Wildman–Crippen MR) is 78.8 cm³/mol. The van der Waals surface area contributed by atoms with E-state index in [1.165, 1.54) is 11.9 Å². The van der Waals surface area contributed by atoms with Crippen molar-refractivity contribution in [3.05, 3.63) is 42.5 Å². The van der Waals surface area contributed by atoms with Gasteiger partial charge >= 0.3 is 0 Å². The zero-order valence-corrected chi connectivity index (χ0v) is 11.0. The lowest BCUT2D eigenvalue weighted by atomic mass is 10.1. The van der Waals surface area contributed by atoms with Crippen molar-refractivity contribution in [3.8, 4) is 0 Å². The number of hydrogen-bond acceptors (Lipinski definition) is 5. The first-order valence-electron chi connectivity index (χ1n) is 6.57. The van der Waals surface area contributed by atoms with Crippen molar-refractivity contribution in [2.45, 2.75) is 12.8 Å². The van der Waals surface area contributed by atoms with Gasteiger partial charge < -0.3 is 16.0 Å². The molecule has 3 rings (SSSR count). The smallest absolute Gasteiger partial charge is 0.182 e. The van der Waals surface area contributed by atoms with Gasteiger partial charge in [-0.15, -0.1) is 0 Å². The molecule has 4 N–H and O–H groups in total. The van der Waals surface area contributed by atoms with Crippen LogP contribution in [0.15, 0.2) is 36.9 Å². The summed E-state index contributed by atoms with van der Waals surface area (Å²) in [6.07, 6.45) is 5.09. The lowest BCUT2D eigenvalue weighted by Crippen LogP contribution is -2.01. The van der Waals surface area contributed by atoms with E-state index in [1.807, 2.05) is 12.1 Å². The Morgan fingerprint density at radius 3 is 3.05 bits per heavy atom. The molecule has 0 unspecified atom stereocenters. The Labute approximate surface area is 116 Å². The summed E-state index contributed by atoms with van der Waals surface area (Å²) < 4.78 is 0. The minimum atomic E-state index is 0.654. The normalized spacial score (nSPS) is 10.8. The minimum Gasteiger partial charge on any atom is -0.340 e. The van der Waals surface area contributed by atoms with Gasteiger partial charge in [0.1, 0.15) is 11.8 Å². The summed E-state index contributed by atoms with van der Waals surface area (Å²) in [5, 5.41) is 3.30.